The molecule has 1 amide bonds. The molecule has 180 valence electrons. The van der Waals surface area contributed by atoms with Gasteiger partial charge in [-0.25, -0.2) is 18.1 Å². The molecule has 0 aliphatic heterocycles. The monoisotopic (exact) mass is 482 g/mol. The standard InChI is InChI=1S/C25H30N4O4S/c1-18(30)9-5-3-8-12-23(25-26-17-24(28-25)20-10-6-4-7-11-20)29-34(32,33)22-15-13-21(14-16-22)27-19(2)31/h4,6-7,10-11,13-17,23,29H,3,5,8-9,12H2,1-2H3,(H,26,28)(H,27,31)/t23-/m0/s1. The SMILES string of the molecule is CC(=O)CCCCC[C@H](NS(=O)(=O)c1ccc(NC(C)=O)cc1)c1ncc(-c2ccccc2)[nH]1. The van der Waals surface area contributed by atoms with Crippen molar-refractivity contribution in [3.8, 4) is 11.3 Å². The van der Waals surface area contributed by atoms with Crippen LogP contribution in [0.3, 0.4) is 0 Å². The Kier molecular flexibility index (Phi) is 8.72. The molecule has 8 nitrogen and oxygen atoms in total. The van der Waals surface area contributed by atoms with E-state index in [0.717, 1.165) is 30.5 Å². The van der Waals surface area contributed by atoms with Gasteiger partial charge in [0.15, 0.2) is 0 Å². The van der Waals surface area contributed by atoms with Crippen LogP contribution in [-0.2, 0) is 19.6 Å². The molecule has 1 atom stereocenters. The summed E-state index contributed by atoms with van der Waals surface area (Å²) in [5.41, 5.74) is 2.28. The number of Topliss-reactive ketones (excluding diaryl/α,β-unsaturated/α-hetero) is 1. The number of carbonyl (C=O) groups is 2. The van der Waals surface area contributed by atoms with Gasteiger partial charge in [-0.05, 0) is 49.6 Å². The van der Waals surface area contributed by atoms with Crippen LogP contribution in [0.1, 0.15) is 57.8 Å². The summed E-state index contributed by atoms with van der Waals surface area (Å²) in [6.07, 6.45) is 5.08. The Morgan fingerprint density at radius 3 is 2.32 bits per heavy atom. The Morgan fingerprint density at radius 2 is 1.68 bits per heavy atom. The van der Waals surface area contributed by atoms with E-state index in [-0.39, 0.29) is 16.6 Å². The number of carbonyl (C=O) groups excluding carboxylic acids is 2. The van der Waals surface area contributed by atoms with Crippen molar-refractivity contribution >= 4 is 27.4 Å². The molecule has 3 N–H and O–H groups in total. The molecule has 0 spiro atoms. The highest BCUT2D eigenvalue weighted by Crippen LogP contribution is 2.25. The number of aromatic amines is 1. The summed E-state index contributed by atoms with van der Waals surface area (Å²) in [6.45, 7) is 2.96. The average Bonchev–Trinajstić information content (AvgIpc) is 3.29. The molecule has 34 heavy (non-hydrogen) atoms. The van der Waals surface area contributed by atoms with E-state index in [4.69, 9.17) is 0 Å². The molecule has 1 aromatic heterocycles. The summed E-state index contributed by atoms with van der Waals surface area (Å²) < 4.78 is 29.0. The predicted molar refractivity (Wildman–Crippen MR) is 132 cm³/mol. The van der Waals surface area contributed by atoms with Crippen molar-refractivity contribution in [2.75, 3.05) is 5.32 Å². The molecule has 0 aliphatic rings. The van der Waals surface area contributed by atoms with Crippen molar-refractivity contribution in [3.05, 3.63) is 66.6 Å². The first-order valence-electron chi connectivity index (χ1n) is 11.2. The van der Waals surface area contributed by atoms with Gasteiger partial charge in [0, 0.05) is 19.0 Å². The van der Waals surface area contributed by atoms with Gasteiger partial charge < -0.3 is 15.1 Å². The number of unbranched alkanes of at least 4 members (excludes halogenated alkanes) is 2. The van der Waals surface area contributed by atoms with Crippen LogP contribution in [-0.4, -0.2) is 30.1 Å². The predicted octanol–water partition coefficient (Wildman–Crippen LogP) is 4.59. The van der Waals surface area contributed by atoms with Crippen LogP contribution in [0, 0.1) is 0 Å². The average molecular weight is 483 g/mol. The van der Waals surface area contributed by atoms with E-state index in [1.165, 1.54) is 19.1 Å². The number of rotatable bonds is 12. The van der Waals surface area contributed by atoms with Crippen molar-refractivity contribution in [2.24, 2.45) is 0 Å². The molecular weight excluding hydrogens is 452 g/mol. The summed E-state index contributed by atoms with van der Waals surface area (Å²) in [5.74, 6) is 0.452. The van der Waals surface area contributed by atoms with Crippen molar-refractivity contribution in [2.45, 2.75) is 56.9 Å². The van der Waals surface area contributed by atoms with Crippen molar-refractivity contribution in [3.63, 3.8) is 0 Å². The normalized spacial score (nSPS) is 12.3. The fourth-order valence-corrected chi connectivity index (χ4v) is 4.84. The molecule has 9 heteroatoms. The summed E-state index contributed by atoms with van der Waals surface area (Å²) >= 11 is 0. The van der Waals surface area contributed by atoms with E-state index in [0.29, 0.717) is 24.4 Å². The Hall–Kier alpha value is -3.30. The fourth-order valence-electron chi connectivity index (χ4n) is 3.60. The van der Waals surface area contributed by atoms with E-state index in [1.54, 1.807) is 25.3 Å². The first-order chi connectivity index (χ1) is 16.2. The van der Waals surface area contributed by atoms with Gasteiger partial charge in [0.1, 0.15) is 11.6 Å². The van der Waals surface area contributed by atoms with Crippen LogP contribution in [0.15, 0.2) is 65.7 Å². The lowest BCUT2D eigenvalue weighted by molar-refractivity contribution is -0.117. The maximum Gasteiger partial charge on any atom is 0.241 e. The zero-order valence-electron chi connectivity index (χ0n) is 19.4. The quantitative estimate of drug-likeness (QED) is 0.326. The number of amides is 1. The summed E-state index contributed by atoms with van der Waals surface area (Å²) in [5, 5.41) is 2.62. The number of hydrogen-bond acceptors (Lipinski definition) is 5. The summed E-state index contributed by atoms with van der Waals surface area (Å²) in [7, 11) is -3.84. The molecule has 1 heterocycles. The molecule has 3 rings (SSSR count). The molecule has 0 bridgehead atoms. The van der Waals surface area contributed by atoms with Crippen molar-refractivity contribution in [1.82, 2.24) is 14.7 Å². The van der Waals surface area contributed by atoms with E-state index in [2.05, 4.69) is 20.0 Å². The van der Waals surface area contributed by atoms with Crippen LogP contribution in [0.25, 0.3) is 11.3 Å². The second-order valence-electron chi connectivity index (χ2n) is 8.23. The zero-order chi connectivity index (χ0) is 24.6. The summed E-state index contributed by atoms with van der Waals surface area (Å²) in [4.78, 5) is 30.2. The number of benzene rings is 2. The van der Waals surface area contributed by atoms with Gasteiger partial charge in [-0.1, -0.05) is 43.2 Å². The van der Waals surface area contributed by atoms with Gasteiger partial charge in [-0.2, -0.15) is 0 Å². The molecule has 2 aromatic carbocycles. The lowest BCUT2D eigenvalue weighted by atomic mass is 10.1. The first-order valence-corrected chi connectivity index (χ1v) is 12.7. The minimum absolute atomic E-state index is 0.0954. The third-order valence-electron chi connectivity index (χ3n) is 5.31. The second kappa shape index (κ2) is 11.7. The molecule has 0 fully saturated rings. The third-order valence-corrected chi connectivity index (χ3v) is 6.80. The van der Waals surface area contributed by atoms with Crippen LogP contribution in [0.4, 0.5) is 5.69 Å². The van der Waals surface area contributed by atoms with Crippen molar-refractivity contribution < 1.29 is 18.0 Å². The molecular formula is C25H30N4O4S. The van der Waals surface area contributed by atoms with Crippen molar-refractivity contribution in [1.29, 1.82) is 0 Å². The van der Waals surface area contributed by atoms with Gasteiger partial charge in [0.05, 0.1) is 22.8 Å². The Balaban J connectivity index is 1.78. The highest BCUT2D eigenvalue weighted by molar-refractivity contribution is 7.89. The minimum atomic E-state index is -3.84. The fraction of sp³-hybridized carbons (Fsp3) is 0.320. The largest absolute Gasteiger partial charge is 0.341 e. The number of sulfonamides is 1. The molecule has 0 unspecified atom stereocenters. The van der Waals surface area contributed by atoms with Gasteiger partial charge >= 0.3 is 0 Å². The van der Waals surface area contributed by atoms with Crippen LogP contribution in [0.2, 0.25) is 0 Å². The Labute approximate surface area is 200 Å². The van der Waals surface area contributed by atoms with Gasteiger partial charge in [0.2, 0.25) is 15.9 Å². The van der Waals surface area contributed by atoms with Crippen LogP contribution in [0.5, 0.6) is 0 Å². The van der Waals surface area contributed by atoms with Gasteiger partial charge in [-0.15, -0.1) is 0 Å². The molecule has 0 aliphatic carbocycles. The van der Waals surface area contributed by atoms with E-state index in [1.807, 2.05) is 30.3 Å². The van der Waals surface area contributed by atoms with E-state index in [9.17, 15) is 18.0 Å². The second-order valence-corrected chi connectivity index (χ2v) is 9.94. The number of H-pyrrole nitrogens is 1. The number of anilines is 1. The molecule has 0 saturated heterocycles. The maximum absolute atomic E-state index is 13.1. The van der Waals surface area contributed by atoms with Crippen LogP contribution >= 0.6 is 0 Å². The van der Waals surface area contributed by atoms with E-state index >= 15 is 0 Å². The molecule has 3 aromatic rings. The highest BCUT2D eigenvalue weighted by atomic mass is 32.2. The van der Waals surface area contributed by atoms with Crippen LogP contribution < -0.4 is 10.0 Å². The Bertz CT molecular complexity index is 1210. The highest BCUT2D eigenvalue weighted by Gasteiger charge is 2.24. The smallest absolute Gasteiger partial charge is 0.241 e. The van der Waals surface area contributed by atoms with Gasteiger partial charge in [0.25, 0.3) is 0 Å². The topological polar surface area (TPSA) is 121 Å². The zero-order valence-corrected chi connectivity index (χ0v) is 20.2. The number of ketones is 1. The number of nitrogens with zero attached hydrogens (tertiary/aromatic N) is 1. The molecule has 0 radical (unpaired) electrons. The first kappa shape index (κ1) is 25.3. The lowest BCUT2D eigenvalue weighted by Crippen LogP contribution is -2.29. The third kappa shape index (κ3) is 7.36. The number of hydrogen-bond donors (Lipinski definition) is 3. The maximum atomic E-state index is 13.1. The number of aromatic nitrogens is 2. The number of imidazole rings is 1. The molecule has 0 saturated carbocycles. The number of nitrogens with one attached hydrogen (secondary N) is 3. The minimum Gasteiger partial charge on any atom is -0.341 e. The lowest BCUT2D eigenvalue weighted by Gasteiger charge is -2.17. The summed E-state index contributed by atoms with van der Waals surface area (Å²) in [6, 6.07) is 15.1. The van der Waals surface area contributed by atoms with E-state index < -0.39 is 16.1 Å². The van der Waals surface area contributed by atoms with Gasteiger partial charge in [-0.3, -0.25) is 4.79 Å². The Morgan fingerprint density at radius 1 is 0.971 bits per heavy atom.